The van der Waals surface area contributed by atoms with E-state index < -0.39 is 0 Å². The van der Waals surface area contributed by atoms with Crippen LogP contribution in [0.4, 0.5) is 5.69 Å². The second-order valence-corrected chi connectivity index (χ2v) is 7.97. The monoisotopic (exact) mass is 422 g/mol. The minimum absolute atomic E-state index is 0.145. The molecule has 2 aromatic carbocycles. The first kappa shape index (κ1) is 21.2. The minimum atomic E-state index is 0.145. The van der Waals surface area contributed by atoms with E-state index in [0.29, 0.717) is 30.1 Å². The highest BCUT2D eigenvalue weighted by Crippen LogP contribution is 2.30. The van der Waals surface area contributed by atoms with Crippen LogP contribution in [-0.4, -0.2) is 57.1 Å². The van der Waals surface area contributed by atoms with E-state index in [2.05, 4.69) is 28.9 Å². The summed E-state index contributed by atoms with van der Waals surface area (Å²) in [5, 5.41) is 0. The molecule has 0 N–H and O–H groups in total. The van der Waals surface area contributed by atoms with Crippen LogP contribution < -0.4 is 19.1 Å². The van der Waals surface area contributed by atoms with Crippen LogP contribution in [0.25, 0.3) is 0 Å². The Morgan fingerprint density at radius 2 is 1.90 bits per heavy atom. The SMILES string of the molecule is COc1ccc(N2CCN(CCCC(=O)c3ccc4c(c3)OC=CCO4)CC2)cc1C. The number of hydrogen-bond acceptors (Lipinski definition) is 6. The number of ketones is 1. The first-order valence-corrected chi connectivity index (χ1v) is 10.9. The first-order valence-electron chi connectivity index (χ1n) is 10.9. The van der Waals surface area contributed by atoms with Gasteiger partial charge in [0.1, 0.15) is 12.4 Å². The molecule has 0 atom stereocenters. The number of piperazine rings is 1. The van der Waals surface area contributed by atoms with Gasteiger partial charge in [0.25, 0.3) is 0 Å². The number of carbonyl (C=O) groups is 1. The Morgan fingerprint density at radius 3 is 2.68 bits per heavy atom. The Labute approximate surface area is 184 Å². The van der Waals surface area contributed by atoms with Crippen molar-refractivity contribution >= 4 is 11.5 Å². The molecular formula is C25H30N2O4. The average molecular weight is 423 g/mol. The van der Waals surface area contributed by atoms with E-state index >= 15 is 0 Å². The molecule has 0 aromatic heterocycles. The summed E-state index contributed by atoms with van der Waals surface area (Å²) in [6.45, 7) is 7.51. The number of carbonyl (C=O) groups excluding carboxylic acids is 1. The number of nitrogens with zero attached hydrogens (tertiary/aromatic N) is 2. The van der Waals surface area contributed by atoms with Crippen LogP contribution in [-0.2, 0) is 0 Å². The molecule has 0 bridgehead atoms. The zero-order valence-corrected chi connectivity index (χ0v) is 18.3. The molecule has 2 heterocycles. The largest absolute Gasteiger partial charge is 0.496 e. The molecule has 0 radical (unpaired) electrons. The van der Waals surface area contributed by atoms with Crippen LogP contribution >= 0.6 is 0 Å². The third-order valence-corrected chi connectivity index (χ3v) is 5.89. The van der Waals surface area contributed by atoms with Gasteiger partial charge in [0.2, 0.25) is 0 Å². The van der Waals surface area contributed by atoms with Gasteiger partial charge in [-0.05, 0) is 67.9 Å². The summed E-state index contributed by atoms with van der Waals surface area (Å²) in [5.41, 5.74) is 3.08. The molecule has 6 heteroatoms. The van der Waals surface area contributed by atoms with Gasteiger partial charge in [-0.25, -0.2) is 0 Å². The molecule has 0 aliphatic carbocycles. The van der Waals surface area contributed by atoms with Crippen molar-refractivity contribution in [1.29, 1.82) is 0 Å². The number of anilines is 1. The van der Waals surface area contributed by atoms with Gasteiger partial charge in [-0.2, -0.15) is 0 Å². The van der Waals surface area contributed by atoms with Crippen molar-refractivity contribution in [1.82, 2.24) is 4.90 Å². The number of benzene rings is 2. The Balaban J connectivity index is 1.23. The number of aryl methyl sites for hydroxylation is 1. The van der Waals surface area contributed by atoms with E-state index in [-0.39, 0.29) is 5.78 Å². The molecule has 2 aliphatic rings. The van der Waals surface area contributed by atoms with Gasteiger partial charge >= 0.3 is 0 Å². The lowest BCUT2D eigenvalue weighted by Gasteiger charge is -2.36. The van der Waals surface area contributed by atoms with Crippen LogP contribution in [0.5, 0.6) is 17.2 Å². The summed E-state index contributed by atoms with van der Waals surface area (Å²) >= 11 is 0. The zero-order valence-electron chi connectivity index (χ0n) is 18.3. The zero-order chi connectivity index (χ0) is 21.6. The molecule has 31 heavy (non-hydrogen) atoms. The van der Waals surface area contributed by atoms with Gasteiger partial charge in [0.15, 0.2) is 17.3 Å². The Morgan fingerprint density at radius 1 is 1.06 bits per heavy atom. The Kier molecular flexibility index (Phi) is 6.77. The van der Waals surface area contributed by atoms with Crippen molar-refractivity contribution in [3.63, 3.8) is 0 Å². The maximum Gasteiger partial charge on any atom is 0.169 e. The number of methoxy groups -OCH3 is 1. The molecule has 6 nitrogen and oxygen atoms in total. The van der Waals surface area contributed by atoms with Crippen LogP contribution in [0.1, 0.15) is 28.8 Å². The van der Waals surface area contributed by atoms with Crippen LogP contribution in [0.3, 0.4) is 0 Å². The van der Waals surface area contributed by atoms with Gasteiger partial charge in [0, 0.05) is 43.9 Å². The molecule has 1 fully saturated rings. The summed E-state index contributed by atoms with van der Waals surface area (Å²) in [6.07, 6.45) is 4.80. The van der Waals surface area contributed by atoms with Gasteiger partial charge in [-0.3, -0.25) is 9.69 Å². The topological polar surface area (TPSA) is 51.2 Å². The van der Waals surface area contributed by atoms with Gasteiger partial charge in [0.05, 0.1) is 13.4 Å². The smallest absolute Gasteiger partial charge is 0.169 e. The lowest BCUT2D eigenvalue weighted by molar-refractivity contribution is 0.0974. The second kappa shape index (κ2) is 9.88. The number of ether oxygens (including phenoxy) is 3. The summed E-state index contributed by atoms with van der Waals surface area (Å²) in [7, 11) is 1.71. The van der Waals surface area contributed by atoms with E-state index in [1.165, 1.54) is 5.69 Å². The minimum Gasteiger partial charge on any atom is -0.496 e. The number of hydrogen-bond donors (Lipinski definition) is 0. The van der Waals surface area contributed by atoms with E-state index in [1.807, 2.05) is 18.2 Å². The van der Waals surface area contributed by atoms with Crippen molar-refractivity contribution in [2.45, 2.75) is 19.8 Å². The molecule has 1 saturated heterocycles. The Hall–Kier alpha value is -2.99. The fraction of sp³-hybridized carbons (Fsp3) is 0.400. The molecule has 0 amide bonds. The first-order chi connectivity index (χ1) is 15.1. The van der Waals surface area contributed by atoms with Crippen LogP contribution in [0, 0.1) is 6.92 Å². The standard InChI is InChI=1S/C25H30N2O4/c1-19-17-21(7-9-23(19)29-2)27-13-11-26(12-14-27)10-3-5-22(28)20-6-8-24-25(18-20)31-16-4-15-30-24/h4,6-9,16-18H,3,5,10-15H2,1-2H3. The average Bonchev–Trinajstić information content (AvgIpc) is 3.04. The molecule has 164 valence electrons. The number of rotatable bonds is 7. The summed E-state index contributed by atoms with van der Waals surface area (Å²) in [6, 6.07) is 11.8. The third-order valence-electron chi connectivity index (χ3n) is 5.89. The lowest BCUT2D eigenvalue weighted by Crippen LogP contribution is -2.46. The van der Waals surface area contributed by atoms with Crippen LogP contribution in [0.2, 0.25) is 0 Å². The molecule has 2 aromatic rings. The van der Waals surface area contributed by atoms with E-state index in [0.717, 1.165) is 50.5 Å². The highest BCUT2D eigenvalue weighted by molar-refractivity contribution is 5.96. The molecule has 0 saturated carbocycles. The molecule has 4 rings (SSSR count). The highest BCUT2D eigenvalue weighted by Gasteiger charge is 2.18. The van der Waals surface area contributed by atoms with Gasteiger partial charge in [-0.1, -0.05) is 0 Å². The predicted molar refractivity (Wildman–Crippen MR) is 122 cm³/mol. The maximum atomic E-state index is 12.6. The second-order valence-electron chi connectivity index (χ2n) is 7.97. The number of fused-ring (bicyclic) bond motifs is 1. The quantitative estimate of drug-likeness (QED) is 0.627. The van der Waals surface area contributed by atoms with E-state index in [1.54, 1.807) is 25.5 Å². The van der Waals surface area contributed by atoms with E-state index in [9.17, 15) is 4.79 Å². The van der Waals surface area contributed by atoms with E-state index in [4.69, 9.17) is 14.2 Å². The fourth-order valence-electron chi connectivity index (χ4n) is 4.09. The highest BCUT2D eigenvalue weighted by atomic mass is 16.5. The van der Waals surface area contributed by atoms with Crippen molar-refractivity contribution in [3.8, 4) is 17.2 Å². The fourth-order valence-corrected chi connectivity index (χ4v) is 4.09. The molecular weight excluding hydrogens is 392 g/mol. The lowest BCUT2D eigenvalue weighted by atomic mass is 10.1. The summed E-state index contributed by atoms with van der Waals surface area (Å²) in [4.78, 5) is 17.5. The van der Waals surface area contributed by atoms with Crippen molar-refractivity contribution in [2.24, 2.45) is 0 Å². The molecule has 0 spiro atoms. The summed E-state index contributed by atoms with van der Waals surface area (Å²) < 4.78 is 16.5. The maximum absolute atomic E-state index is 12.6. The van der Waals surface area contributed by atoms with Gasteiger partial charge in [-0.15, -0.1) is 0 Å². The molecule has 0 unspecified atom stereocenters. The number of Topliss-reactive ketones (excluding diaryl/α,β-unsaturated/α-hetero) is 1. The summed E-state index contributed by atoms with van der Waals surface area (Å²) in [5.74, 6) is 2.35. The normalized spacial score (nSPS) is 16.1. The van der Waals surface area contributed by atoms with Crippen molar-refractivity contribution in [2.75, 3.05) is 51.3 Å². The Bertz CT molecular complexity index is 949. The van der Waals surface area contributed by atoms with Crippen molar-refractivity contribution < 1.29 is 19.0 Å². The predicted octanol–water partition coefficient (Wildman–Crippen LogP) is 4.07. The third kappa shape index (κ3) is 5.20. The van der Waals surface area contributed by atoms with Crippen molar-refractivity contribution in [3.05, 3.63) is 59.9 Å². The molecule has 2 aliphatic heterocycles. The van der Waals surface area contributed by atoms with Gasteiger partial charge < -0.3 is 19.1 Å². The van der Waals surface area contributed by atoms with Crippen LogP contribution in [0.15, 0.2) is 48.7 Å².